The molecule has 1 heterocycles. The fraction of sp³-hybridized carbons (Fsp3) is 0.724. The Morgan fingerprint density at radius 1 is 1.18 bits per heavy atom. The van der Waals surface area contributed by atoms with Crippen LogP contribution in [0.5, 0.6) is 5.88 Å². The number of nitrogens with one attached hydrogen (secondary N) is 3. The molecule has 0 spiro atoms. The van der Waals surface area contributed by atoms with Crippen LogP contribution in [-0.4, -0.2) is 57.5 Å². The van der Waals surface area contributed by atoms with Crippen molar-refractivity contribution in [1.29, 1.82) is 0 Å². The van der Waals surface area contributed by atoms with Gasteiger partial charge in [-0.15, -0.1) is 0 Å². The van der Waals surface area contributed by atoms with Gasteiger partial charge in [-0.1, -0.05) is 6.92 Å². The van der Waals surface area contributed by atoms with E-state index < -0.39 is 11.1 Å². The zero-order valence-electron chi connectivity index (χ0n) is 24.2. The topological polar surface area (TPSA) is 124 Å². The number of ether oxygens (including phenoxy) is 2. The highest BCUT2D eigenvalue weighted by atomic mass is 16.6. The molecule has 4 fully saturated rings. The zero-order valence-corrected chi connectivity index (χ0v) is 24.2. The van der Waals surface area contributed by atoms with E-state index in [1.165, 1.54) is 6.20 Å². The van der Waals surface area contributed by atoms with Gasteiger partial charge in [-0.2, -0.15) is 5.10 Å². The van der Waals surface area contributed by atoms with Gasteiger partial charge in [0.25, 0.3) is 5.91 Å². The van der Waals surface area contributed by atoms with Crippen LogP contribution >= 0.6 is 0 Å². The maximum Gasteiger partial charge on any atom is 0.407 e. The van der Waals surface area contributed by atoms with E-state index in [-0.39, 0.29) is 41.9 Å². The van der Waals surface area contributed by atoms with Crippen LogP contribution in [0.1, 0.15) is 96.8 Å². The van der Waals surface area contributed by atoms with E-state index in [9.17, 15) is 14.4 Å². The second kappa shape index (κ2) is 11.6. The second-order valence-electron chi connectivity index (χ2n) is 12.4. The number of nitrogens with zero attached hydrogens (tertiary/aromatic N) is 2. The van der Waals surface area contributed by atoms with Gasteiger partial charge in [-0.3, -0.25) is 9.59 Å². The van der Waals surface area contributed by atoms with Crippen molar-refractivity contribution in [3.05, 3.63) is 17.8 Å². The molecule has 3 amide bonds. The van der Waals surface area contributed by atoms with Gasteiger partial charge < -0.3 is 25.4 Å². The third-order valence-electron chi connectivity index (χ3n) is 8.06. The average molecular weight is 544 g/mol. The number of alkyl carbamates (subject to hydrolysis) is 1. The molecule has 5 rings (SSSR count). The number of hydrogen-bond donors (Lipinski definition) is 3. The molecule has 0 radical (unpaired) electrons. The molecule has 0 aromatic carbocycles. The van der Waals surface area contributed by atoms with Crippen LogP contribution in [0.3, 0.4) is 0 Å². The number of aromatic nitrogens is 2. The number of rotatable bonds is 11. The first-order chi connectivity index (χ1) is 18.4. The highest BCUT2D eigenvalue weighted by Gasteiger charge is 2.57. The van der Waals surface area contributed by atoms with Gasteiger partial charge in [0.1, 0.15) is 11.2 Å². The normalized spacial score (nSPS) is 27.6. The van der Waals surface area contributed by atoms with E-state index in [1.807, 2.05) is 47.6 Å². The molecule has 0 aliphatic heterocycles. The van der Waals surface area contributed by atoms with Crippen molar-refractivity contribution < 1.29 is 23.9 Å². The van der Waals surface area contributed by atoms with Gasteiger partial charge in [-0.25, -0.2) is 9.48 Å². The van der Waals surface area contributed by atoms with Gasteiger partial charge in [-0.05, 0) is 97.0 Å². The molecule has 2 atom stereocenters. The first kappa shape index (κ1) is 29.0. The Bertz CT molecular complexity index is 1080. The van der Waals surface area contributed by atoms with Crippen molar-refractivity contribution in [1.82, 2.24) is 25.7 Å². The largest absolute Gasteiger partial charge is 0.474 e. The molecule has 10 nitrogen and oxygen atoms in total. The molecule has 4 bridgehead atoms. The quantitative estimate of drug-likeness (QED) is 0.383. The number of carbonyl (C=O) groups is 3. The molecule has 39 heavy (non-hydrogen) atoms. The molecule has 216 valence electrons. The lowest BCUT2D eigenvalue weighted by Gasteiger charge is -2.59. The lowest BCUT2D eigenvalue weighted by atomic mass is 9.52. The van der Waals surface area contributed by atoms with Crippen molar-refractivity contribution in [2.75, 3.05) is 6.54 Å². The average Bonchev–Trinajstić information content (AvgIpc) is 3.21. The summed E-state index contributed by atoms with van der Waals surface area (Å²) in [6, 6.07) is 0.0264. The summed E-state index contributed by atoms with van der Waals surface area (Å²) in [6.07, 6.45) is 10.4. The van der Waals surface area contributed by atoms with Crippen LogP contribution in [-0.2, 0) is 9.53 Å². The standard InChI is InChI=1S/C29H45N5O5/c1-7-9-23(35)33-28(5,6)10-11-34-26(38-18(3)4)22(17-31-34)25(36)32-24-20-12-19-13-21(24)16-29(14-19,15-20)39-27(37)30-8-2/h10-11,17-21,24H,7-9,12-16H2,1-6H3,(H,30,37)(H,32,36)(H,33,35)/b11-10+. The molecule has 1 aromatic heterocycles. The maximum atomic E-state index is 13.6. The maximum absolute atomic E-state index is 13.6. The van der Waals surface area contributed by atoms with E-state index in [4.69, 9.17) is 9.47 Å². The molecule has 2 unspecified atom stereocenters. The Balaban J connectivity index is 1.48. The Kier molecular flexibility index (Phi) is 8.61. The monoisotopic (exact) mass is 543 g/mol. The third kappa shape index (κ3) is 6.76. The van der Waals surface area contributed by atoms with E-state index in [1.54, 1.807) is 10.9 Å². The molecule has 4 aliphatic rings. The summed E-state index contributed by atoms with van der Waals surface area (Å²) in [5.41, 5.74) is -0.636. The second-order valence-corrected chi connectivity index (χ2v) is 12.4. The number of hydrogen-bond acceptors (Lipinski definition) is 6. The number of carbonyl (C=O) groups excluding carboxylic acids is 3. The first-order valence-electron chi connectivity index (χ1n) is 14.5. The fourth-order valence-electron chi connectivity index (χ4n) is 6.82. The highest BCUT2D eigenvalue weighted by Crippen LogP contribution is 2.57. The summed E-state index contributed by atoms with van der Waals surface area (Å²) in [5.74, 6) is 1.21. The van der Waals surface area contributed by atoms with Crippen LogP contribution in [0.15, 0.2) is 12.3 Å². The minimum atomic E-state index is -0.595. The molecule has 10 heteroatoms. The summed E-state index contributed by atoms with van der Waals surface area (Å²) in [5, 5.41) is 13.5. The summed E-state index contributed by atoms with van der Waals surface area (Å²) in [4.78, 5) is 37.9. The minimum absolute atomic E-state index is 0.0137. The molecule has 1 aromatic rings. The van der Waals surface area contributed by atoms with E-state index >= 15 is 0 Å². The van der Waals surface area contributed by atoms with Gasteiger partial charge in [0, 0.05) is 25.2 Å². The summed E-state index contributed by atoms with van der Waals surface area (Å²) >= 11 is 0. The van der Waals surface area contributed by atoms with Crippen LogP contribution < -0.4 is 20.7 Å². The summed E-state index contributed by atoms with van der Waals surface area (Å²) in [6.45, 7) is 12.0. The van der Waals surface area contributed by atoms with Crippen LogP contribution in [0.4, 0.5) is 4.79 Å². The van der Waals surface area contributed by atoms with Gasteiger partial charge >= 0.3 is 6.09 Å². The van der Waals surface area contributed by atoms with Crippen LogP contribution in [0, 0.1) is 17.8 Å². The van der Waals surface area contributed by atoms with Crippen molar-refractivity contribution in [3.63, 3.8) is 0 Å². The van der Waals surface area contributed by atoms with E-state index in [0.717, 1.165) is 38.5 Å². The Hall–Kier alpha value is -3.04. The van der Waals surface area contributed by atoms with Crippen LogP contribution in [0.25, 0.3) is 6.20 Å². The summed E-state index contributed by atoms with van der Waals surface area (Å²) < 4.78 is 13.6. The van der Waals surface area contributed by atoms with Crippen LogP contribution in [0.2, 0.25) is 0 Å². The molecular formula is C29H45N5O5. The lowest BCUT2D eigenvalue weighted by Crippen LogP contribution is -2.63. The van der Waals surface area contributed by atoms with Gasteiger partial charge in [0.2, 0.25) is 11.8 Å². The third-order valence-corrected chi connectivity index (χ3v) is 8.06. The predicted octanol–water partition coefficient (Wildman–Crippen LogP) is 4.26. The zero-order chi connectivity index (χ0) is 28.4. The van der Waals surface area contributed by atoms with E-state index in [2.05, 4.69) is 21.0 Å². The van der Waals surface area contributed by atoms with Gasteiger partial charge in [0.05, 0.1) is 17.8 Å². The van der Waals surface area contributed by atoms with Crippen molar-refractivity contribution in [2.45, 2.75) is 110 Å². The Morgan fingerprint density at radius 3 is 2.49 bits per heavy atom. The molecule has 0 saturated heterocycles. The molecule has 3 N–H and O–H groups in total. The molecule has 4 saturated carbocycles. The highest BCUT2D eigenvalue weighted by molar-refractivity contribution is 5.96. The summed E-state index contributed by atoms with van der Waals surface area (Å²) in [7, 11) is 0. The predicted molar refractivity (Wildman–Crippen MR) is 148 cm³/mol. The molecule has 4 aliphatic carbocycles. The number of amides is 3. The smallest absolute Gasteiger partial charge is 0.407 e. The molecular weight excluding hydrogens is 498 g/mol. The Labute approximate surface area is 231 Å². The van der Waals surface area contributed by atoms with Crippen molar-refractivity contribution in [3.8, 4) is 5.88 Å². The fourth-order valence-corrected chi connectivity index (χ4v) is 6.82. The van der Waals surface area contributed by atoms with E-state index in [0.29, 0.717) is 30.3 Å². The SMILES string of the molecule is CCCC(=O)NC(C)(C)/C=C/n1ncc(C(=O)NC2C3CC4CC2CC(OC(=O)NCC)(C4)C3)c1OC(C)C. The first-order valence-corrected chi connectivity index (χ1v) is 14.5. The lowest BCUT2D eigenvalue weighted by molar-refractivity contribution is -0.139. The van der Waals surface area contributed by atoms with Crippen molar-refractivity contribution >= 4 is 24.1 Å². The Morgan fingerprint density at radius 2 is 1.87 bits per heavy atom. The van der Waals surface area contributed by atoms with Gasteiger partial charge in [0.15, 0.2) is 0 Å². The van der Waals surface area contributed by atoms with Crippen molar-refractivity contribution in [2.24, 2.45) is 17.8 Å². The minimum Gasteiger partial charge on any atom is -0.474 e.